The smallest absolute Gasteiger partial charge is 0.318 e. The number of primary amides is 1. The van der Waals surface area contributed by atoms with Gasteiger partial charge in [0.1, 0.15) is 17.2 Å². The van der Waals surface area contributed by atoms with Crippen molar-refractivity contribution < 1.29 is 18.4 Å². The van der Waals surface area contributed by atoms with Crippen molar-refractivity contribution in [2.24, 2.45) is 5.73 Å². The molecule has 0 spiro atoms. The Hall–Kier alpha value is -3.53. The van der Waals surface area contributed by atoms with E-state index in [0.29, 0.717) is 30.8 Å². The lowest BCUT2D eigenvalue weighted by atomic mass is 9.62. The molecule has 8 nitrogen and oxygen atoms in total. The molecule has 1 aromatic carbocycles. The zero-order valence-corrected chi connectivity index (χ0v) is 20.4. The first-order valence-electron chi connectivity index (χ1n) is 11.7. The number of nitrogens with zero attached hydrogens (tertiary/aromatic N) is 4. The monoisotopic (exact) mass is 514 g/mol. The minimum atomic E-state index is -1.35. The zero-order chi connectivity index (χ0) is 25.7. The highest BCUT2D eigenvalue weighted by molar-refractivity contribution is 6.31. The lowest BCUT2D eigenvalue weighted by molar-refractivity contribution is -0.0353. The number of hydrogen-bond acceptors (Lipinski definition) is 4. The zero-order valence-electron chi connectivity index (χ0n) is 19.6. The molecule has 0 saturated heterocycles. The van der Waals surface area contributed by atoms with E-state index >= 15 is 0 Å². The van der Waals surface area contributed by atoms with Gasteiger partial charge in [-0.2, -0.15) is 5.10 Å². The number of amides is 3. The molecular formula is C25H25ClF2N6O2. The average Bonchev–Trinajstić information content (AvgIpc) is 3.24. The summed E-state index contributed by atoms with van der Waals surface area (Å²) >= 11 is 5.93. The first-order valence-corrected chi connectivity index (χ1v) is 12.0. The lowest BCUT2D eigenvalue weighted by Crippen LogP contribution is -2.63. The highest BCUT2D eigenvalue weighted by atomic mass is 35.5. The number of carbonyl (C=O) groups excluding carboxylic acids is 2. The van der Waals surface area contributed by atoms with Crippen molar-refractivity contribution in [2.45, 2.75) is 50.5 Å². The van der Waals surface area contributed by atoms with Crippen LogP contribution in [0.5, 0.6) is 0 Å². The van der Waals surface area contributed by atoms with Gasteiger partial charge in [-0.1, -0.05) is 24.6 Å². The molecule has 3 amide bonds. The van der Waals surface area contributed by atoms with E-state index in [2.05, 4.69) is 15.4 Å². The number of pyridine rings is 1. The van der Waals surface area contributed by atoms with Crippen LogP contribution in [0.3, 0.4) is 0 Å². The topological polar surface area (TPSA) is 106 Å². The summed E-state index contributed by atoms with van der Waals surface area (Å²) in [6.45, 7) is 2.50. The van der Waals surface area contributed by atoms with E-state index in [4.69, 9.17) is 17.3 Å². The van der Waals surface area contributed by atoms with Gasteiger partial charge in [0.15, 0.2) is 0 Å². The summed E-state index contributed by atoms with van der Waals surface area (Å²) in [5, 5.41) is 7.44. The average molecular weight is 515 g/mol. The molecule has 3 aromatic rings. The Morgan fingerprint density at radius 1 is 1.25 bits per heavy atom. The molecule has 3 heterocycles. The molecule has 3 N–H and O–H groups in total. The van der Waals surface area contributed by atoms with Crippen LogP contribution in [-0.2, 0) is 18.6 Å². The number of nitrogens with two attached hydrogens (primary N) is 1. The van der Waals surface area contributed by atoms with Gasteiger partial charge < -0.3 is 16.0 Å². The van der Waals surface area contributed by atoms with Gasteiger partial charge in [0.25, 0.3) is 5.91 Å². The van der Waals surface area contributed by atoms with Crippen molar-refractivity contribution in [3.05, 3.63) is 70.4 Å². The highest BCUT2D eigenvalue weighted by Crippen LogP contribution is 2.52. The van der Waals surface area contributed by atoms with Gasteiger partial charge in [0.05, 0.1) is 34.9 Å². The third-order valence-corrected chi connectivity index (χ3v) is 7.43. The molecule has 11 heteroatoms. The van der Waals surface area contributed by atoms with Gasteiger partial charge in [-0.3, -0.25) is 14.5 Å². The van der Waals surface area contributed by atoms with E-state index < -0.39 is 22.9 Å². The largest absolute Gasteiger partial charge is 0.365 e. The highest BCUT2D eigenvalue weighted by Gasteiger charge is 2.56. The summed E-state index contributed by atoms with van der Waals surface area (Å²) in [5.41, 5.74) is 5.56. The van der Waals surface area contributed by atoms with Crippen LogP contribution < -0.4 is 11.1 Å². The molecule has 0 unspecified atom stereocenters. The normalized spacial score (nSPS) is 23.1. The van der Waals surface area contributed by atoms with E-state index in [-0.39, 0.29) is 41.7 Å². The quantitative estimate of drug-likeness (QED) is 0.533. The maximum Gasteiger partial charge on any atom is 0.318 e. The molecule has 2 aromatic heterocycles. The molecule has 36 heavy (non-hydrogen) atoms. The van der Waals surface area contributed by atoms with Crippen LogP contribution in [0.15, 0.2) is 42.7 Å². The van der Waals surface area contributed by atoms with Crippen molar-refractivity contribution in [3.63, 3.8) is 0 Å². The van der Waals surface area contributed by atoms with Crippen molar-refractivity contribution in [1.82, 2.24) is 25.0 Å². The second-order valence-electron chi connectivity index (χ2n) is 9.42. The fourth-order valence-electron chi connectivity index (χ4n) is 5.17. The van der Waals surface area contributed by atoms with Gasteiger partial charge in [0.2, 0.25) is 0 Å². The van der Waals surface area contributed by atoms with Crippen molar-refractivity contribution in [1.29, 1.82) is 0 Å². The van der Waals surface area contributed by atoms with Crippen molar-refractivity contribution in [2.75, 3.05) is 6.54 Å². The number of halogens is 3. The maximum atomic E-state index is 15.0. The third-order valence-electron chi connectivity index (χ3n) is 7.14. The summed E-state index contributed by atoms with van der Waals surface area (Å²) in [5.74, 6) is -1.31. The molecule has 0 bridgehead atoms. The first-order chi connectivity index (χ1) is 17.1. The third kappa shape index (κ3) is 4.09. The van der Waals surface area contributed by atoms with Crippen LogP contribution in [0.2, 0.25) is 5.02 Å². The number of nitrogens with one attached hydrogen (secondary N) is 1. The van der Waals surface area contributed by atoms with Crippen LogP contribution >= 0.6 is 11.6 Å². The SMILES string of the molecule is CCC1(F)CC(NC(=O)N2CCn3nc(-c4ccc(F)c(Cl)c4)c(C(N)=O)c3C2)(c2cccnc2)C1. The molecule has 2 aliphatic rings. The van der Waals surface area contributed by atoms with Crippen LogP contribution in [0.4, 0.5) is 13.6 Å². The predicted octanol–water partition coefficient (Wildman–Crippen LogP) is 4.17. The van der Waals surface area contributed by atoms with Crippen molar-refractivity contribution in [3.8, 4) is 11.3 Å². The number of alkyl halides is 1. The summed E-state index contributed by atoms with van der Waals surface area (Å²) in [6.07, 6.45) is 3.94. The van der Waals surface area contributed by atoms with Gasteiger partial charge >= 0.3 is 6.03 Å². The van der Waals surface area contributed by atoms with Crippen LogP contribution in [0.25, 0.3) is 11.3 Å². The summed E-state index contributed by atoms with van der Waals surface area (Å²) in [7, 11) is 0. The molecule has 5 rings (SSSR count). The molecular weight excluding hydrogens is 490 g/mol. The Morgan fingerprint density at radius 3 is 2.67 bits per heavy atom. The van der Waals surface area contributed by atoms with Crippen LogP contribution in [-0.4, -0.2) is 43.8 Å². The lowest BCUT2D eigenvalue weighted by Gasteiger charge is -2.52. The van der Waals surface area contributed by atoms with E-state index in [1.165, 1.54) is 18.2 Å². The van der Waals surface area contributed by atoms with E-state index in [1.54, 1.807) is 35.0 Å². The number of carbonyl (C=O) groups is 2. The van der Waals surface area contributed by atoms with Gasteiger partial charge in [-0.25, -0.2) is 13.6 Å². The second-order valence-corrected chi connectivity index (χ2v) is 9.83. The number of fused-ring (bicyclic) bond motifs is 1. The standard InChI is InChI=1S/C25H25ClF2N6O2/c1-2-24(28)13-25(14-24,16-4-3-7-30-11-16)31-23(36)33-8-9-34-19(12-33)20(22(29)35)21(32-34)15-5-6-18(27)17(26)10-15/h3-7,10-11H,2,8-9,12-14H2,1H3,(H2,29,35)(H,31,36). The van der Waals surface area contributed by atoms with Crippen molar-refractivity contribution >= 4 is 23.5 Å². The second kappa shape index (κ2) is 8.85. The fourth-order valence-corrected chi connectivity index (χ4v) is 5.35. The van der Waals surface area contributed by atoms with Crippen LogP contribution in [0.1, 0.15) is 47.8 Å². The molecule has 188 valence electrons. The molecule has 0 atom stereocenters. The van der Waals surface area contributed by atoms with E-state index in [1.807, 2.05) is 6.07 Å². The van der Waals surface area contributed by atoms with Gasteiger partial charge in [-0.05, 0) is 36.2 Å². The number of aromatic nitrogens is 3. The molecule has 1 aliphatic carbocycles. The van der Waals surface area contributed by atoms with Crippen LogP contribution in [0, 0.1) is 5.82 Å². The molecule has 1 saturated carbocycles. The Bertz CT molecular complexity index is 1340. The Morgan fingerprint density at radius 2 is 2.03 bits per heavy atom. The maximum absolute atomic E-state index is 15.0. The Labute approximate surface area is 211 Å². The summed E-state index contributed by atoms with van der Waals surface area (Å²) in [6, 6.07) is 7.25. The Kier molecular flexibility index (Phi) is 5.94. The van der Waals surface area contributed by atoms with Gasteiger partial charge in [0, 0.05) is 37.3 Å². The van der Waals surface area contributed by atoms with E-state index in [0.717, 1.165) is 5.56 Å². The summed E-state index contributed by atoms with van der Waals surface area (Å²) in [4.78, 5) is 31.5. The number of benzene rings is 1. The Balaban J connectivity index is 1.42. The fraction of sp³-hybridized carbons (Fsp3) is 0.360. The minimum absolute atomic E-state index is 0.0731. The molecule has 1 aliphatic heterocycles. The first kappa shape index (κ1) is 24.2. The predicted molar refractivity (Wildman–Crippen MR) is 129 cm³/mol. The minimum Gasteiger partial charge on any atom is -0.365 e. The number of urea groups is 1. The van der Waals surface area contributed by atoms with Gasteiger partial charge in [-0.15, -0.1) is 0 Å². The molecule has 1 fully saturated rings. The molecule has 0 radical (unpaired) electrons. The number of hydrogen-bond donors (Lipinski definition) is 2. The summed E-state index contributed by atoms with van der Waals surface area (Å²) < 4.78 is 30.3. The van der Waals surface area contributed by atoms with E-state index in [9.17, 15) is 18.4 Å². The number of rotatable bonds is 5.